The van der Waals surface area contributed by atoms with Gasteiger partial charge in [0.25, 0.3) is 15.7 Å². The normalized spacial score (nSPS) is 13.7. The molecule has 0 amide bonds. The number of rotatable bonds is 7. The Kier molecular flexibility index (Phi) is 5.86. The maximum atomic E-state index is 12.2. The lowest BCUT2D eigenvalue weighted by molar-refractivity contribution is -0.384. The average molecular weight is 345 g/mol. The summed E-state index contributed by atoms with van der Waals surface area (Å²) in [6.45, 7) is -0.218. The Morgan fingerprint density at radius 2 is 2.25 bits per heavy atom. The van der Waals surface area contributed by atoms with Gasteiger partial charge in [-0.15, -0.1) is 11.3 Å². The molecule has 0 aliphatic rings. The van der Waals surface area contributed by atoms with Gasteiger partial charge in [-0.2, -0.15) is 4.31 Å². The summed E-state index contributed by atoms with van der Waals surface area (Å²) in [5, 5.41) is 20.2. The topological polar surface area (TPSA) is 110 Å². The van der Waals surface area contributed by atoms with Crippen molar-refractivity contribution >= 4 is 38.6 Å². The zero-order valence-corrected chi connectivity index (χ0v) is 13.0. The van der Waals surface area contributed by atoms with Crippen molar-refractivity contribution in [2.24, 2.45) is 0 Å². The smallest absolute Gasteiger partial charge is 0.300 e. The Hall–Kier alpha value is -0.780. The molecule has 1 N–H and O–H groups in total. The van der Waals surface area contributed by atoms with Crippen molar-refractivity contribution < 1.29 is 23.2 Å². The van der Waals surface area contributed by atoms with Gasteiger partial charge in [-0.1, -0.05) is 11.6 Å². The fourth-order valence-electron chi connectivity index (χ4n) is 1.38. The van der Waals surface area contributed by atoms with E-state index in [4.69, 9.17) is 16.3 Å². The number of nitrogens with zero attached hydrogens (tertiary/aromatic N) is 2. The van der Waals surface area contributed by atoms with Gasteiger partial charge in [-0.25, -0.2) is 8.42 Å². The van der Waals surface area contributed by atoms with Crippen molar-refractivity contribution in [2.75, 3.05) is 27.3 Å². The quantitative estimate of drug-likeness (QED) is 0.582. The molecule has 1 unspecified atom stereocenters. The van der Waals surface area contributed by atoms with E-state index < -0.39 is 26.7 Å². The highest BCUT2D eigenvalue weighted by atomic mass is 35.5. The summed E-state index contributed by atoms with van der Waals surface area (Å²) in [4.78, 5) is 9.91. The molecule has 0 spiro atoms. The van der Waals surface area contributed by atoms with E-state index in [0.717, 1.165) is 10.4 Å². The highest BCUT2D eigenvalue weighted by Gasteiger charge is 2.29. The zero-order chi connectivity index (χ0) is 15.5. The molecule has 20 heavy (non-hydrogen) atoms. The number of likely N-dealkylation sites (N-methyl/N-ethyl adjacent to an activating group) is 1. The number of hydrogen-bond donors (Lipinski definition) is 1. The molecular formula is C9H13ClN2O6S2. The van der Waals surface area contributed by atoms with Crippen LogP contribution in [0.5, 0.6) is 0 Å². The molecule has 8 nitrogen and oxygen atoms in total. The molecule has 1 aromatic heterocycles. The van der Waals surface area contributed by atoms with Crippen molar-refractivity contribution in [3.05, 3.63) is 20.5 Å². The van der Waals surface area contributed by atoms with E-state index in [0.29, 0.717) is 11.3 Å². The fraction of sp³-hybridized carbons (Fsp3) is 0.556. The van der Waals surface area contributed by atoms with E-state index in [1.54, 1.807) is 0 Å². The molecule has 0 saturated carbocycles. The average Bonchev–Trinajstić information content (AvgIpc) is 2.72. The zero-order valence-electron chi connectivity index (χ0n) is 10.6. The van der Waals surface area contributed by atoms with Gasteiger partial charge in [-0.3, -0.25) is 10.1 Å². The predicted octanol–water partition coefficient (Wildman–Crippen LogP) is 0.938. The minimum absolute atomic E-state index is 0.0226. The summed E-state index contributed by atoms with van der Waals surface area (Å²) in [6.07, 6.45) is -0.995. The van der Waals surface area contributed by atoms with Crippen molar-refractivity contribution in [1.82, 2.24) is 4.31 Å². The number of ether oxygens (including phenoxy) is 1. The third-order valence-corrected chi connectivity index (χ3v) is 5.94. The molecule has 0 fully saturated rings. The Bertz CT molecular complexity index is 587. The molecule has 1 heterocycles. The SMILES string of the molecule is COCC(O)CN(C)S(=O)(=O)c1cc([N+](=O)[O-])c(Cl)s1. The molecule has 0 aliphatic heterocycles. The molecule has 1 rings (SSSR count). The number of hydrogen-bond acceptors (Lipinski definition) is 7. The third kappa shape index (κ3) is 3.87. The number of aliphatic hydroxyl groups excluding tert-OH is 1. The molecule has 0 aliphatic carbocycles. The van der Waals surface area contributed by atoms with Crippen LogP contribution in [-0.2, 0) is 14.8 Å². The minimum atomic E-state index is -3.94. The standard InChI is InChI=1S/C9H13ClN2O6S2/c1-11(4-6(13)5-18-2)20(16,17)8-3-7(12(14)15)9(10)19-8/h3,6,13H,4-5H2,1-2H3. The first-order valence-corrected chi connectivity index (χ1v) is 7.90. The van der Waals surface area contributed by atoms with E-state index in [-0.39, 0.29) is 21.7 Å². The van der Waals surface area contributed by atoms with Crippen molar-refractivity contribution in [1.29, 1.82) is 0 Å². The number of sulfonamides is 1. The van der Waals surface area contributed by atoms with Gasteiger partial charge in [0, 0.05) is 26.8 Å². The van der Waals surface area contributed by atoms with Gasteiger partial charge in [-0.05, 0) is 0 Å². The van der Waals surface area contributed by atoms with E-state index in [1.165, 1.54) is 14.2 Å². The highest BCUT2D eigenvalue weighted by molar-refractivity contribution is 7.91. The maximum Gasteiger partial charge on any atom is 0.300 e. The lowest BCUT2D eigenvalue weighted by Gasteiger charge is -2.19. The molecule has 0 aromatic carbocycles. The van der Waals surface area contributed by atoms with Gasteiger partial charge >= 0.3 is 0 Å². The van der Waals surface area contributed by atoms with Crippen LogP contribution >= 0.6 is 22.9 Å². The van der Waals surface area contributed by atoms with Crippen LogP contribution in [0.3, 0.4) is 0 Å². The second-order valence-corrected chi connectivity index (χ2v) is 7.80. The molecule has 0 radical (unpaired) electrons. The van der Waals surface area contributed by atoms with Gasteiger partial charge in [0.1, 0.15) is 4.21 Å². The first-order chi connectivity index (χ1) is 9.20. The highest BCUT2D eigenvalue weighted by Crippen LogP contribution is 2.37. The summed E-state index contributed by atoms with van der Waals surface area (Å²) in [5.41, 5.74) is -0.457. The second kappa shape index (κ2) is 6.78. The second-order valence-electron chi connectivity index (χ2n) is 3.88. The number of thiophene rings is 1. The van der Waals surface area contributed by atoms with Crippen LogP contribution in [0.15, 0.2) is 10.3 Å². The summed E-state index contributed by atoms with van der Waals surface area (Å²) in [6, 6.07) is 0.904. The molecule has 1 aromatic rings. The van der Waals surface area contributed by atoms with Crippen molar-refractivity contribution in [2.45, 2.75) is 10.3 Å². The van der Waals surface area contributed by atoms with E-state index in [1.807, 2.05) is 0 Å². The fourth-order valence-corrected chi connectivity index (χ4v) is 4.47. The Morgan fingerprint density at radius 3 is 2.70 bits per heavy atom. The number of aliphatic hydroxyl groups is 1. The number of methoxy groups -OCH3 is 1. The van der Waals surface area contributed by atoms with Gasteiger partial charge in [0.2, 0.25) is 0 Å². The molecule has 0 bridgehead atoms. The van der Waals surface area contributed by atoms with Crippen molar-refractivity contribution in [3.63, 3.8) is 0 Å². The molecule has 0 saturated heterocycles. The van der Waals surface area contributed by atoms with Crippen LogP contribution in [0.1, 0.15) is 0 Å². The first-order valence-electron chi connectivity index (χ1n) is 5.27. The summed E-state index contributed by atoms with van der Waals surface area (Å²) in [5.74, 6) is 0. The Balaban J connectivity index is 2.98. The van der Waals surface area contributed by atoms with Crippen LogP contribution < -0.4 is 0 Å². The minimum Gasteiger partial charge on any atom is -0.389 e. The monoisotopic (exact) mass is 344 g/mol. The van der Waals surface area contributed by atoms with Gasteiger partial charge in [0.05, 0.1) is 17.6 Å². The third-order valence-electron chi connectivity index (χ3n) is 2.33. The van der Waals surface area contributed by atoms with Crippen LogP contribution in [0.4, 0.5) is 5.69 Å². The van der Waals surface area contributed by atoms with Crippen LogP contribution in [0, 0.1) is 10.1 Å². The van der Waals surface area contributed by atoms with Crippen molar-refractivity contribution in [3.8, 4) is 0 Å². The predicted molar refractivity (Wildman–Crippen MR) is 73.7 cm³/mol. The molecule has 1 atom stereocenters. The lowest BCUT2D eigenvalue weighted by atomic mass is 10.4. The summed E-state index contributed by atoms with van der Waals surface area (Å²) >= 11 is 6.23. The van der Waals surface area contributed by atoms with Gasteiger partial charge < -0.3 is 9.84 Å². The van der Waals surface area contributed by atoms with E-state index in [2.05, 4.69) is 0 Å². The van der Waals surface area contributed by atoms with E-state index >= 15 is 0 Å². The molecular weight excluding hydrogens is 332 g/mol. The van der Waals surface area contributed by atoms with Crippen LogP contribution in [-0.4, -0.2) is 56.2 Å². The number of nitro groups is 1. The first kappa shape index (κ1) is 17.3. The Morgan fingerprint density at radius 1 is 1.65 bits per heavy atom. The van der Waals surface area contributed by atoms with E-state index in [9.17, 15) is 23.6 Å². The summed E-state index contributed by atoms with van der Waals surface area (Å²) < 4.78 is 29.5. The van der Waals surface area contributed by atoms with Crippen LogP contribution in [0.2, 0.25) is 4.34 Å². The van der Waals surface area contributed by atoms with Crippen LogP contribution in [0.25, 0.3) is 0 Å². The molecule has 11 heteroatoms. The lowest BCUT2D eigenvalue weighted by Crippen LogP contribution is -2.35. The summed E-state index contributed by atoms with van der Waals surface area (Å²) in [7, 11) is -1.31. The Labute approximate surface area is 124 Å². The number of halogens is 1. The molecule has 114 valence electrons. The largest absolute Gasteiger partial charge is 0.389 e. The maximum absolute atomic E-state index is 12.2. The van der Waals surface area contributed by atoms with Gasteiger partial charge in [0.15, 0.2) is 4.34 Å².